The molecule has 10 heteroatoms. The van der Waals surface area contributed by atoms with E-state index < -0.39 is 15.9 Å². The van der Waals surface area contributed by atoms with Crippen molar-refractivity contribution in [1.82, 2.24) is 0 Å². The number of aryl methyl sites for hydroxylation is 1. The van der Waals surface area contributed by atoms with Crippen LogP contribution in [0.15, 0.2) is 42.5 Å². The zero-order valence-electron chi connectivity index (χ0n) is 19.7. The first-order valence-corrected chi connectivity index (χ1v) is 13.3. The Morgan fingerprint density at radius 2 is 1.59 bits per heavy atom. The van der Waals surface area contributed by atoms with E-state index in [9.17, 15) is 13.2 Å². The van der Waals surface area contributed by atoms with Gasteiger partial charge < -0.3 is 24.6 Å². The topological polar surface area (TPSA) is 91.4 Å². The number of carbonyl (C=O) groups excluding carboxylic acids is 1. The summed E-state index contributed by atoms with van der Waals surface area (Å²) in [5.41, 5.74) is 3.91. The highest BCUT2D eigenvalue weighted by Gasteiger charge is 2.24. The molecule has 0 spiro atoms. The number of hydrogen-bond acceptors (Lipinski definition) is 7. The van der Waals surface area contributed by atoms with Crippen LogP contribution in [0.4, 0.5) is 22.7 Å². The fraction of sp³-hybridized carbons (Fsp3) is 0.458. The van der Waals surface area contributed by atoms with Crippen molar-refractivity contribution in [2.75, 3.05) is 84.8 Å². The summed E-state index contributed by atoms with van der Waals surface area (Å²) in [6.07, 6.45) is 1.11. The van der Waals surface area contributed by atoms with Crippen LogP contribution in [0.5, 0.6) is 0 Å². The second-order valence-corrected chi connectivity index (χ2v) is 10.4. The largest absolute Gasteiger partial charge is 0.378 e. The van der Waals surface area contributed by atoms with Crippen LogP contribution in [0.25, 0.3) is 0 Å². The van der Waals surface area contributed by atoms with Gasteiger partial charge in [-0.15, -0.1) is 0 Å². The van der Waals surface area contributed by atoms with Gasteiger partial charge in [0.15, 0.2) is 0 Å². The first-order valence-electron chi connectivity index (χ1n) is 11.5. The summed E-state index contributed by atoms with van der Waals surface area (Å²) in [4.78, 5) is 17.5. The normalized spacial score (nSPS) is 16.9. The van der Waals surface area contributed by atoms with E-state index in [1.165, 1.54) is 0 Å². The fourth-order valence-electron chi connectivity index (χ4n) is 4.25. The van der Waals surface area contributed by atoms with E-state index in [4.69, 9.17) is 9.47 Å². The lowest BCUT2D eigenvalue weighted by molar-refractivity contribution is -0.114. The number of nitrogens with one attached hydrogen (secondary N) is 1. The third kappa shape index (κ3) is 5.81. The highest BCUT2D eigenvalue weighted by Crippen LogP contribution is 2.32. The van der Waals surface area contributed by atoms with Gasteiger partial charge in [0, 0.05) is 31.9 Å². The fourth-order valence-corrected chi connectivity index (χ4v) is 5.17. The Labute approximate surface area is 201 Å². The van der Waals surface area contributed by atoms with E-state index >= 15 is 0 Å². The van der Waals surface area contributed by atoms with Gasteiger partial charge in [0.25, 0.3) is 0 Å². The number of carbonyl (C=O) groups is 1. The van der Waals surface area contributed by atoms with Crippen LogP contribution >= 0.6 is 0 Å². The number of morpholine rings is 2. The molecule has 4 rings (SSSR count). The standard InChI is InChI=1S/C24H32N4O5S/c1-19-5-3-4-6-22(19)28(34(2,30)31)18-24(29)25-21-8-7-20(26-9-13-32-14-10-26)17-23(21)27-11-15-33-16-12-27/h3-8,17H,9-16,18H2,1-2H3,(H,25,29). The number of rotatable bonds is 7. The molecule has 0 atom stereocenters. The van der Waals surface area contributed by atoms with Crippen LogP contribution in [0, 0.1) is 6.92 Å². The van der Waals surface area contributed by atoms with Crippen molar-refractivity contribution < 1.29 is 22.7 Å². The molecule has 2 saturated heterocycles. The van der Waals surface area contributed by atoms with Crippen molar-refractivity contribution in [2.24, 2.45) is 0 Å². The highest BCUT2D eigenvalue weighted by atomic mass is 32.2. The molecule has 0 saturated carbocycles. The first-order chi connectivity index (χ1) is 16.3. The summed E-state index contributed by atoms with van der Waals surface area (Å²) in [5.74, 6) is -0.401. The Hall–Kier alpha value is -2.82. The van der Waals surface area contributed by atoms with Gasteiger partial charge in [-0.25, -0.2) is 8.42 Å². The van der Waals surface area contributed by atoms with Gasteiger partial charge >= 0.3 is 0 Å². The van der Waals surface area contributed by atoms with Gasteiger partial charge in [0.2, 0.25) is 15.9 Å². The molecule has 2 aromatic rings. The molecule has 34 heavy (non-hydrogen) atoms. The van der Waals surface area contributed by atoms with E-state index in [0.717, 1.165) is 40.6 Å². The summed E-state index contributed by atoms with van der Waals surface area (Å²) in [5, 5.41) is 2.96. The lowest BCUT2D eigenvalue weighted by Crippen LogP contribution is -2.39. The zero-order chi connectivity index (χ0) is 24.1. The van der Waals surface area contributed by atoms with Crippen LogP contribution in [0.1, 0.15) is 5.56 Å². The molecule has 0 unspecified atom stereocenters. The Morgan fingerprint density at radius 3 is 2.21 bits per heavy atom. The number of anilines is 4. The highest BCUT2D eigenvalue weighted by molar-refractivity contribution is 7.92. The maximum atomic E-state index is 13.1. The minimum atomic E-state index is -3.65. The summed E-state index contributed by atoms with van der Waals surface area (Å²) < 4.78 is 37.2. The second-order valence-electron chi connectivity index (χ2n) is 8.50. The monoisotopic (exact) mass is 488 g/mol. The lowest BCUT2D eigenvalue weighted by atomic mass is 10.1. The van der Waals surface area contributed by atoms with E-state index in [1.54, 1.807) is 12.1 Å². The summed E-state index contributed by atoms with van der Waals surface area (Å²) >= 11 is 0. The predicted octanol–water partition coefficient (Wildman–Crippen LogP) is 2.07. The smallest absolute Gasteiger partial charge is 0.245 e. The minimum Gasteiger partial charge on any atom is -0.378 e. The van der Waals surface area contributed by atoms with E-state index in [1.807, 2.05) is 31.2 Å². The first kappa shape index (κ1) is 24.3. The van der Waals surface area contributed by atoms with Gasteiger partial charge in [-0.2, -0.15) is 0 Å². The van der Waals surface area contributed by atoms with Crippen LogP contribution in [-0.4, -0.2) is 79.7 Å². The number of amides is 1. The lowest BCUT2D eigenvalue weighted by Gasteiger charge is -2.33. The molecule has 1 N–H and O–H groups in total. The molecule has 1 amide bonds. The van der Waals surface area contributed by atoms with Gasteiger partial charge in [0.05, 0.1) is 49.7 Å². The Bertz CT molecular complexity index is 1110. The maximum absolute atomic E-state index is 13.1. The number of hydrogen-bond donors (Lipinski definition) is 1. The van der Waals surface area contributed by atoms with E-state index in [0.29, 0.717) is 50.9 Å². The third-order valence-corrected chi connectivity index (χ3v) is 7.18. The molecule has 2 fully saturated rings. The number of sulfonamides is 1. The Balaban J connectivity index is 1.58. The van der Waals surface area contributed by atoms with Crippen molar-refractivity contribution in [3.8, 4) is 0 Å². The number of benzene rings is 2. The molecule has 9 nitrogen and oxygen atoms in total. The van der Waals surface area contributed by atoms with Crippen molar-refractivity contribution in [3.05, 3.63) is 48.0 Å². The van der Waals surface area contributed by atoms with Crippen molar-refractivity contribution in [3.63, 3.8) is 0 Å². The van der Waals surface area contributed by atoms with Crippen molar-refractivity contribution in [1.29, 1.82) is 0 Å². The van der Waals surface area contributed by atoms with Gasteiger partial charge in [-0.1, -0.05) is 18.2 Å². The zero-order valence-corrected chi connectivity index (χ0v) is 20.5. The molecule has 2 aromatic carbocycles. The van der Waals surface area contributed by atoms with E-state index in [-0.39, 0.29) is 6.54 Å². The quantitative estimate of drug-likeness (QED) is 0.638. The van der Waals surface area contributed by atoms with Crippen molar-refractivity contribution in [2.45, 2.75) is 6.92 Å². The van der Waals surface area contributed by atoms with Crippen LogP contribution < -0.4 is 19.4 Å². The third-order valence-electron chi connectivity index (χ3n) is 6.06. The molecule has 2 aliphatic heterocycles. The van der Waals surface area contributed by atoms with Crippen LogP contribution in [0.2, 0.25) is 0 Å². The van der Waals surface area contributed by atoms with Crippen LogP contribution in [-0.2, 0) is 24.3 Å². The Morgan fingerprint density at radius 1 is 0.971 bits per heavy atom. The average Bonchev–Trinajstić information content (AvgIpc) is 2.84. The molecule has 0 radical (unpaired) electrons. The number of nitrogens with zero attached hydrogens (tertiary/aromatic N) is 3. The van der Waals surface area contributed by atoms with Gasteiger partial charge in [0.1, 0.15) is 6.54 Å². The molecule has 2 heterocycles. The molecule has 0 aromatic heterocycles. The number of para-hydroxylation sites is 1. The second kappa shape index (κ2) is 10.6. The molecular weight excluding hydrogens is 456 g/mol. The van der Waals surface area contributed by atoms with Crippen LogP contribution in [0.3, 0.4) is 0 Å². The minimum absolute atomic E-state index is 0.308. The molecular formula is C24H32N4O5S. The van der Waals surface area contributed by atoms with Crippen molar-refractivity contribution >= 4 is 38.7 Å². The molecule has 0 bridgehead atoms. The Kier molecular flexibility index (Phi) is 7.60. The van der Waals surface area contributed by atoms with E-state index in [2.05, 4.69) is 21.2 Å². The molecule has 2 aliphatic rings. The molecule has 184 valence electrons. The maximum Gasteiger partial charge on any atom is 0.245 e. The molecule has 0 aliphatic carbocycles. The summed E-state index contributed by atoms with van der Waals surface area (Å²) in [7, 11) is -3.65. The van der Waals surface area contributed by atoms with Gasteiger partial charge in [-0.05, 0) is 36.8 Å². The van der Waals surface area contributed by atoms with Gasteiger partial charge in [-0.3, -0.25) is 9.10 Å². The average molecular weight is 489 g/mol. The predicted molar refractivity (Wildman–Crippen MR) is 135 cm³/mol. The SMILES string of the molecule is Cc1ccccc1N(CC(=O)Nc1ccc(N2CCOCC2)cc1N1CCOCC1)S(C)(=O)=O. The summed E-state index contributed by atoms with van der Waals surface area (Å²) in [6, 6.07) is 13.1. The number of ether oxygens (including phenoxy) is 2. The summed E-state index contributed by atoms with van der Waals surface area (Å²) in [6.45, 7) is 7.18.